The van der Waals surface area contributed by atoms with Crippen molar-refractivity contribution in [3.05, 3.63) is 69.3 Å². The zero-order valence-corrected chi connectivity index (χ0v) is 16.2. The van der Waals surface area contributed by atoms with Gasteiger partial charge in [0.15, 0.2) is 0 Å². The normalized spacial score (nSPS) is 10.5. The van der Waals surface area contributed by atoms with Gasteiger partial charge in [-0.1, -0.05) is 6.07 Å². The summed E-state index contributed by atoms with van der Waals surface area (Å²) in [6.45, 7) is 1.03. The van der Waals surface area contributed by atoms with Crippen LogP contribution in [0.4, 0.5) is 5.69 Å². The smallest absolute Gasteiger partial charge is 0.251 e. The molecular formula is C18H17BrN4O2S. The van der Waals surface area contributed by atoms with Gasteiger partial charge in [-0.2, -0.15) is 0 Å². The number of carbonyl (C=O) groups excluding carboxylic acids is 2. The Morgan fingerprint density at radius 2 is 2.15 bits per heavy atom. The summed E-state index contributed by atoms with van der Waals surface area (Å²) in [5, 5.41) is 7.67. The average Bonchev–Trinajstić information content (AvgIpc) is 3.29. The van der Waals surface area contributed by atoms with Crippen molar-refractivity contribution >= 4 is 44.8 Å². The van der Waals surface area contributed by atoms with Crippen LogP contribution < -0.4 is 10.6 Å². The van der Waals surface area contributed by atoms with Crippen molar-refractivity contribution in [3.8, 4) is 0 Å². The van der Waals surface area contributed by atoms with E-state index in [0.717, 1.165) is 9.35 Å². The zero-order chi connectivity index (χ0) is 18.4. The highest BCUT2D eigenvalue weighted by molar-refractivity contribution is 9.10. The summed E-state index contributed by atoms with van der Waals surface area (Å²) in [7, 11) is 0. The number of carbonyl (C=O) groups is 2. The van der Waals surface area contributed by atoms with Crippen LogP contribution in [0.25, 0.3) is 0 Å². The molecule has 0 atom stereocenters. The van der Waals surface area contributed by atoms with Crippen molar-refractivity contribution < 1.29 is 9.59 Å². The third kappa shape index (κ3) is 5.27. The first kappa shape index (κ1) is 18.3. The molecule has 0 radical (unpaired) electrons. The molecule has 0 saturated carbocycles. The number of anilines is 1. The third-order valence-electron chi connectivity index (χ3n) is 3.61. The number of benzene rings is 1. The molecule has 8 heteroatoms. The summed E-state index contributed by atoms with van der Waals surface area (Å²) in [5.74, 6) is -0.288. The van der Waals surface area contributed by atoms with Gasteiger partial charge in [0.1, 0.15) is 0 Å². The van der Waals surface area contributed by atoms with Crippen molar-refractivity contribution in [2.24, 2.45) is 0 Å². The molecule has 3 rings (SSSR count). The lowest BCUT2D eigenvalue weighted by Crippen LogP contribution is -2.22. The van der Waals surface area contributed by atoms with Gasteiger partial charge in [0.2, 0.25) is 5.91 Å². The number of thiophene rings is 1. The molecule has 0 saturated heterocycles. The summed E-state index contributed by atoms with van der Waals surface area (Å²) < 4.78 is 2.85. The Bertz CT molecular complexity index is 892. The van der Waals surface area contributed by atoms with E-state index < -0.39 is 0 Å². The molecule has 134 valence electrons. The minimum absolute atomic E-state index is 0.111. The number of hydrogen-bond acceptors (Lipinski definition) is 4. The minimum Gasteiger partial charge on any atom is -0.347 e. The van der Waals surface area contributed by atoms with Gasteiger partial charge < -0.3 is 15.2 Å². The molecule has 0 aliphatic rings. The molecular weight excluding hydrogens is 416 g/mol. The number of halogens is 1. The Labute approximate surface area is 163 Å². The van der Waals surface area contributed by atoms with E-state index in [0.29, 0.717) is 30.8 Å². The van der Waals surface area contributed by atoms with Crippen LogP contribution in [-0.2, 0) is 17.9 Å². The molecule has 0 fully saturated rings. The minimum atomic E-state index is -0.177. The predicted molar refractivity (Wildman–Crippen MR) is 105 cm³/mol. The summed E-state index contributed by atoms with van der Waals surface area (Å²) in [5.41, 5.74) is 1.11. The lowest BCUT2D eigenvalue weighted by molar-refractivity contribution is -0.116. The van der Waals surface area contributed by atoms with E-state index in [1.54, 1.807) is 48.1 Å². The summed E-state index contributed by atoms with van der Waals surface area (Å²) in [6.07, 6.45) is 5.49. The molecule has 2 heterocycles. The maximum atomic E-state index is 12.3. The topological polar surface area (TPSA) is 76.0 Å². The van der Waals surface area contributed by atoms with Crippen LogP contribution in [0.15, 0.2) is 58.9 Å². The highest BCUT2D eigenvalue weighted by Gasteiger charge is 2.09. The number of imidazole rings is 1. The van der Waals surface area contributed by atoms with Crippen LogP contribution in [0.2, 0.25) is 0 Å². The fourth-order valence-electron chi connectivity index (χ4n) is 2.33. The van der Waals surface area contributed by atoms with Gasteiger partial charge in [-0.15, -0.1) is 11.3 Å². The first-order valence-electron chi connectivity index (χ1n) is 7.97. The SMILES string of the molecule is O=C(CCn1ccnc1)Nc1cccc(C(=O)NCc2cc(Br)cs2)c1. The molecule has 0 aliphatic heterocycles. The molecule has 1 aromatic carbocycles. The van der Waals surface area contributed by atoms with E-state index in [1.165, 1.54) is 0 Å². The number of hydrogen-bond donors (Lipinski definition) is 2. The Morgan fingerprint density at radius 1 is 1.27 bits per heavy atom. The molecule has 2 amide bonds. The van der Waals surface area contributed by atoms with Crippen LogP contribution in [0, 0.1) is 0 Å². The van der Waals surface area contributed by atoms with E-state index in [2.05, 4.69) is 31.5 Å². The van der Waals surface area contributed by atoms with Crippen LogP contribution in [0.3, 0.4) is 0 Å². The van der Waals surface area contributed by atoms with Gasteiger partial charge in [-0.05, 0) is 40.2 Å². The van der Waals surface area contributed by atoms with Crippen molar-refractivity contribution in [3.63, 3.8) is 0 Å². The molecule has 0 aliphatic carbocycles. The van der Waals surface area contributed by atoms with Crippen molar-refractivity contribution in [2.75, 3.05) is 5.32 Å². The molecule has 2 N–H and O–H groups in total. The van der Waals surface area contributed by atoms with Gasteiger partial charge in [0.25, 0.3) is 5.91 Å². The molecule has 0 spiro atoms. The standard InChI is InChI=1S/C18H17BrN4O2S/c19-14-9-16(26-11-14)10-21-18(25)13-2-1-3-15(8-13)22-17(24)4-6-23-7-5-20-12-23/h1-3,5,7-9,11-12H,4,6,10H2,(H,21,25)(H,22,24). The van der Waals surface area contributed by atoms with Crippen LogP contribution in [0.1, 0.15) is 21.7 Å². The van der Waals surface area contributed by atoms with Gasteiger partial charge >= 0.3 is 0 Å². The maximum absolute atomic E-state index is 12.3. The summed E-state index contributed by atoms with van der Waals surface area (Å²) >= 11 is 4.97. The van der Waals surface area contributed by atoms with Crippen LogP contribution in [0.5, 0.6) is 0 Å². The molecule has 6 nitrogen and oxygen atoms in total. The quantitative estimate of drug-likeness (QED) is 0.597. The van der Waals surface area contributed by atoms with E-state index >= 15 is 0 Å². The second-order valence-electron chi connectivity index (χ2n) is 5.59. The Balaban J connectivity index is 1.53. The Kier molecular flexibility index (Phi) is 6.19. The second kappa shape index (κ2) is 8.77. The monoisotopic (exact) mass is 432 g/mol. The third-order valence-corrected chi connectivity index (χ3v) is 5.31. The van der Waals surface area contributed by atoms with Gasteiger partial charge in [-0.3, -0.25) is 9.59 Å². The zero-order valence-electron chi connectivity index (χ0n) is 13.8. The van der Waals surface area contributed by atoms with Crippen molar-refractivity contribution in [1.82, 2.24) is 14.9 Å². The Hall–Kier alpha value is -2.45. The molecule has 3 aromatic rings. The van der Waals surface area contributed by atoms with E-state index in [4.69, 9.17) is 0 Å². The van der Waals surface area contributed by atoms with E-state index in [1.807, 2.05) is 22.2 Å². The maximum Gasteiger partial charge on any atom is 0.251 e. The fraction of sp³-hybridized carbons (Fsp3) is 0.167. The number of aromatic nitrogens is 2. The first-order valence-corrected chi connectivity index (χ1v) is 9.64. The molecule has 2 aromatic heterocycles. The van der Waals surface area contributed by atoms with E-state index in [-0.39, 0.29) is 11.8 Å². The van der Waals surface area contributed by atoms with Gasteiger partial charge in [0.05, 0.1) is 12.9 Å². The number of amides is 2. The van der Waals surface area contributed by atoms with Gasteiger partial charge in [-0.25, -0.2) is 4.98 Å². The second-order valence-corrected chi connectivity index (χ2v) is 7.50. The lowest BCUT2D eigenvalue weighted by Gasteiger charge is -2.08. The predicted octanol–water partition coefficient (Wildman–Crippen LogP) is 3.67. The summed E-state index contributed by atoms with van der Waals surface area (Å²) in [4.78, 5) is 29.4. The average molecular weight is 433 g/mol. The largest absolute Gasteiger partial charge is 0.347 e. The van der Waals surface area contributed by atoms with Gasteiger partial charge in [0, 0.05) is 51.3 Å². The number of nitrogens with zero attached hydrogens (tertiary/aromatic N) is 2. The highest BCUT2D eigenvalue weighted by Crippen LogP contribution is 2.19. The number of nitrogens with one attached hydrogen (secondary N) is 2. The first-order chi connectivity index (χ1) is 12.6. The van der Waals surface area contributed by atoms with E-state index in [9.17, 15) is 9.59 Å². The molecule has 0 bridgehead atoms. The Morgan fingerprint density at radius 3 is 2.88 bits per heavy atom. The fourth-order valence-corrected chi connectivity index (χ4v) is 3.72. The highest BCUT2D eigenvalue weighted by atomic mass is 79.9. The lowest BCUT2D eigenvalue weighted by atomic mass is 10.2. The molecule has 26 heavy (non-hydrogen) atoms. The van der Waals surface area contributed by atoms with Crippen LogP contribution >= 0.6 is 27.3 Å². The van der Waals surface area contributed by atoms with Crippen molar-refractivity contribution in [2.45, 2.75) is 19.5 Å². The molecule has 0 unspecified atom stereocenters. The van der Waals surface area contributed by atoms with Crippen LogP contribution in [-0.4, -0.2) is 21.4 Å². The summed E-state index contributed by atoms with van der Waals surface area (Å²) in [6, 6.07) is 8.89. The number of rotatable bonds is 7. The number of aryl methyl sites for hydroxylation is 1. The van der Waals surface area contributed by atoms with Crippen molar-refractivity contribution in [1.29, 1.82) is 0 Å².